The van der Waals surface area contributed by atoms with E-state index in [-0.39, 0.29) is 0 Å². The molecule has 94 valence electrons. The van der Waals surface area contributed by atoms with E-state index in [9.17, 15) is 0 Å². The lowest BCUT2D eigenvalue weighted by Crippen LogP contribution is -2.20. The Morgan fingerprint density at radius 3 is 2.88 bits per heavy atom. The molecule has 1 atom stereocenters. The van der Waals surface area contributed by atoms with E-state index in [1.165, 1.54) is 44.2 Å². The summed E-state index contributed by atoms with van der Waals surface area (Å²) in [6.45, 7) is 5.78. The van der Waals surface area contributed by atoms with Crippen LogP contribution in [0.25, 0.3) is 0 Å². The Hall–Kier alpha value is -0.820. The van der Waals surface area contributed by atoms with E-state index >= 15 is 0 Å². The van der Waals surface area contributed by atoms with Gasteiger partial charge in [0.1, 0.15) is 0 Å². The van der Waals surface area contributed by atoms with Gasteiger partial charge in [0.15, 0.2) is 0 Å². The monoisotopic (exact) mass is 231 g/mol. The van der Waals surface area contributed by atoms with Gasteiger partial charge < -0.3 is 5.32 Å². The van der Waals surface area contributed by atoms with Gasteiger partial charge in [0.25, 0.3) is 0 Å². The van der Waals surface area contributed by atoms with Crippen molar-refractivity contribution in [2.75, 3.05) is 6.54 Å². The summed E-state index contributed by atoms with van der Waals surface area (Å²) in [5.41, 5.74) is 3.09. The Balaban J connectivity index is 1.71. The summed E-state index contributed by atoms with van der Waals surface area (Å²) >= 11 is 0. The molecule has 2 rings (SSSR count). The van der Waals surface area contributed by atoms with Crippen LogP contribution >= 0.6 is 0 Å². The van der Waals surface area contributed by atoms with Gasteiger partial charge >= 0.3 is 0 Å². The van der Waals surface area contributed by atoms with Crippen LogP contribution in [0.5, 0.6) is 0 Å². The van der Waals surface area contributed by atoms with E-state index in [0.717, 1.165) is 5.92 Å². The van der Waals surface area contributed by atoms with Crippen molar-refractivity contribution >= 4 is 0 Å². The van der Waals surface area contributed by atoms with Crippen molar-refractivity contribution in [2.45, 2.75) is 52.0 Å². The van der Waals surface area contributed by atoms with Gasteiger partial charge in [-0.15, -0.1) is 0 Å². The van der Waals surface area contributed by atoms with Crippen molar-refractivity contribution in [2.24, 2.45) is 5.92 Å². The van der Waals surface area contributed by atoms with Gasteiger partial charge in [0.05, 0.1) is 0 Å². The van der Waals surface area contributed by atoms with Crippen LogP contribution in [0, 0.1) is 5.92 Å². The summed E-state index contributed by atoms with van der Waals surface area (Å²) in [5.74, 6) is 0.849. The molecule has 0 spiro atoms. The van der Waals surface area contributed by atoms with Crippen LogP contribution in [0.15, 0.2) is 24.3 Å². The lowest BCUT2D eigenvalue weighted by molar-refractivity contribution is 0.482. The molecule has 17 heavy (non-hydrogen) atoms. The number of benzene rings is 1. The van der Waals surface area contributed by atoms with Gasteiger partial charge in [-0.25, -0.2) is 0 Å². The number of aryl methyl sites for hydroxylation is 1. The Bertz CT molecular complexity index is 343. The van der Waals surface area contributed by atoms with Crippen molar-refractivity contribution in [3.63, 3.8) is 0 Å². The highest BCUT2D eigenvalue weighted by Gasteiger charge is 2.20. The van der Waals surface area contributed by atoms with Gasteiger partial charge in [-0.3, -0.25) is 0 Å². The molecule has 0 fully saturated rings. The summed E-state index contributed by atoms with van der Waals surface area (Å²) in [6, 6.07) is 9.50. The van der Waals surface area contributed by atoms with Crippen LogP contribution in [0.3, 0.4) is 0 Å². The number of rotatable bonds is 6. The maximum atomic E-state index is 3.71. The van der Waals surface area contributed by atoms with E-state index in [1.54, 1.807) is 5.56 Å². The Labute approximate surface area is 106 Å². The van der Waals surface area contributed by atoms with Gasteiger partial charge in [-0.05, 0) is 42.9 Å². The average Bonchev–Trinajstić information content (AvgIpc) is 2.72. The van der Waals surface area contributed by atoms with Crippen molar-refractivity contribution in [1.82, 2.24) is 5.32 Å². The summed E-state index contributed by atoms with van der Waals surface area (Å²) in [6.07, 6.45) is 6.57. The predicted octanol–water partition coefficient (Wildman–Crippen LogP) is 4.09. The molecule has 1 N–H and O–H groups in total. The topological polar surface area (TPSA) is 12.0 Å². The lowest BCUT2D eigenvalue weighted by Gasteiger charge is -2.14. The van der Waals surface area contributed by atoms with E-state index in [4.69, 9.17) is 0 Å². The second kappa shape index (κ2) is 6.20. The quantitative estimate of drug-likeness (QED) is 0.727. The zero-order valence-electron chi connectivity index (χ0n) is 11.2. The zero-order chi connectivity index (χ0) is 12.1. The molecular formula is C16H25N. The number of hydrogen-bond acceptors (Lipinski definition) is 1. The third kappa shape index (κ3) is 3.57. The molecule has 0 aromatic heterocycles. The first-order valence-corrected chi connectivity index (χ1v) is 7.08. The fourth-order valence-electron chi connectivity index (χ4n) is 2.72. The summed E-state index contributed by atoms with van der Waals surface area (Å²) in [7, 11) is 0. The first kappa shape index (κ1) is 12.6. The summed E-state index contributed by atoms with van der Waals surface area (Å²) in [4.78, 5) is 0. The molecule has 1 heteroatoms. The van der Waals surface area contributed by atoms with Crippen molar-refractivity contribution in [1.29, 1.82) is 0 Å². The molecule has 1 aliphatic rings. The molecule has 1 nitrogen and oxygen atoms in total. The molecule has 0 saturated heterocycles. The standard InChI is InChI=1S/C16H25N/c1-13(2)7-5-6-12-17-16-11-10-14-8-3-4-9-15(14)16/h3-4,8-9,13,16-17H,5-7,10-12H2,1-2H3. The van der Waals surface area contributed by atoms with Crippen molar-refractivity contribution in [3.05, 3.63) is 35.4 Å². The van der Waals surface area contributed by atoms with E-state index < -0.39 is 0 Å². The van der Waals surface area contributed by atoms with Crippen LogP contribution < -0.4 is 5.32 Å². The molecule has 1 aromatic rings. The Morgan fingerprint density at radius 1 is 1.24 bits per heavy atom. The minimum Gasteiger partial charge on any atom is -0.310 e. The highest BCUT2D eigenvalue weighted by atomic mass is 14.9. The maximum Gasteiger partial charge on any atom is 0.0326 e. The Morgan fingerprint density at radius 2 is 2.06 bits per heavy atom. The van der Waals surface area contributed by atoms with Crippen LogP contribution in [0.1, 0.15) is 56.7 Å². The van der Waals surface area contributed by atoms with Gasteiger partial charge in [0, 0.05) is 6.04 Å². The molecule has 1 aliphatic carbocycles. The number of hydrogen-bond donors (Lipinski definition) is 1. The number of unbranched alkanes of at least 4 members (excludes halogenated alkanes) is 1. The number of fused-ring (bicyclic) bond motifs is 1. The molecular weight excluding hydrogens is 206 g/mol. The fraction of sp³-hybridized carbons (Fsp3) is 0.625. The normalized spacial score (nSPS) is 18.6. The van der Waals surface area contributed by atoms with E-state index in [1.807, 2.05) is 0 Å². The van der Waals surface area contributed by atoms with Crippen LogP contribution in [-0.2, 0) is 6.42 Å². The third-order valence-electron chi connectivity index (χ3n) is 3.73. The average molecular weight is 231 g/mol. The highest BCUT2D eigenvalue weighted by Crippen LogP contribution is 2.30. The minimum absolute atomic E-state index is 0.616. The number of nitrogens with one attached hydrogen (secondary N) is 1. The third-order valence-corrected chi connectivity index (χ3v) is 3.73. The summed E-state index contributed by atoms with van der Waals surface area (Å²) < 4.78 is 0. The molecule has 0 aliphatic heterocycles. The molecule has 0 heterocycles. The van der Waals surface area contributed by atoms with Crippen LogP contribution in [-0.4, -0.2) is 6.54 Å². The van der Waals surface area contributed by atoms with Crippen molar-refractivity contribution in [3.8, 4) is 0 Å². The molecule has 0 saturated carbocycles. The van der Waals surface area contributed by atoms with Crippen molar-refractivity contribution < 1.29 is 0 Å². The Kier molecular flexibility index (Phi) is 4.61. The van der Waals surface area contributed by atoms with E-state index in [2.05, 4.69) is 43.4 Å². The largest absolute Gasteiger partial charge is 0.310 e. The first-order valence-electron chi connectivity index (χ1n) is 7.08. The molecule has 1 unspecified atom stereocenters. The molecule has 1 aromatic carbocycles. The lowest BCUT2D eigenvalue weighted by atomic mass is 10.1. The fourth-order valence-corrected chi connectivity index (χ4v) is 2.72. The predicted molar refractivity (Wildman–Crippen MR) is 74.2 cm³/mol. The minimum atomic E-state index is 0.616. The van der Waals surface area contributed by atoms with Crippen LogP contribution in [0.4, 0.5) is 0 Å². The maximum absolute atomic E-state index is 3.71. The summed E-state index contributed by atoms with van der Waals surface area (Å²) in [5, 5.41) is 3.71. The second-order valence-electron chi connectivity index (χ2n) is 5.63. The van der Waals surface area contributed by atoms with Gasteiger partial charge in [-0.2, -0.15) is 0 Å². The van der Waals surface area contributed by atoms with E-state index in [0.29, 0.717) is 6.04 Å². The highest BCUT2D eigenvalue weighted by molar-refractivity contribution is 5.34. The van der Waals surface area contributed by atoms with Gasteiger partial charge in [-0.1, -0.05) is 51.0 Å². The first-order chi connectivity index (χ1) is 8.27. The van der Waals surface area contributed by atoms with Gasteiger partial charge in [0.2, 0.25) is 0 Å². The second-order valence-corrected chi connectivity index (χ2v) is 5.63. The molecule has 0 radical (unpaired) electrons. The zero-order valence-corrected chi connectivity index (χ0v) is 11.2. The van der Waals surface area contributed by atoms with Crippen LogP contribution in [0.2, 0.25) is 0 Å². The smallest absolute Gasteiger partial charge is 0.0326 e. The SMILES string of the molecule is CC(C)CCCCNC1CCc2ccccc21. The molecule has 0 amide bonds. The molecule has 0 bridgehead atoms.